The minimum absolute atomic E-state index is 0.0351. The molecule has 1 amide bonds. The Bertz CT molecular complexity index is 819. The number of ether oxygens (including phenoxy) is 1. The Morgan fingerprint density at radius 3 is 2.48 bits per heavy atom. The van der Waals surface area contributed by atoms with Crippen LogP contribution in [0.25, 0.3) is 6.08 Å². The molecule has 27 heavy (non-hydrogen) atoms. The number of rotatable bonds is 6. The van der Waals surface area contributed by atoms with Gasteiger partial charge in [-0.25, -0.2) is 0 Å². The quantitative estimate of drug-likeness (QED) is 0.794. The maximum absolute atomic E-state index is 12.4. The zero-order valence-electron chi connectivity index (χ0n) is 15.3. The monoisotopic (exact) mass is 361 g/mol. The molecule has 0 N–H and O–H groups in total. The highest BCUT2D eigenvalue weighted by molar-refractivity contribution is 5.78. The molecule has 0 aliphatic carbocycles. The predicted molar refractivity (Wildman–Crippen MR) is 105 cm³/mol. The van der Waals surface area contributed by atoms with Crippen molar-refractivity contribution >= 4 is 12.0 Å². The van der Waals surface area contributed by atoms with Crippen LogP contribution in [0, 0.1) is 11.3 Å². The molecule has 5 nitrogen and oxygen atoms in total. The summed E-state index contributed by atoms with van der Waals surface area (Å²) in [5.74, 6) is 0.417. The van der Waals surface area contributed by atoms with E-state index in [1.54, 1.807) is 24.3 Å². The Morgan fingerprint density at radius 2 is 1.74 bits per heavy atom. The normalized spacial score (nSPS) is 14.9. The van der Waals surface area contributed by atoms with Gasteiger partial charge in [-0.2, -0.15) is 5.26 Å². The summed E-state index contributed by atoms with van der Waals surface area (Å²) in [6.45, 7) is 3.93. The second kappa shape index (κ2) is 9.56. The summed E-state index contributed by atoms with van der Waals surface area (Å²) in [7, 11) is 0. The van der Waals surface area contributed by atoms with Crippen molar-refractivity contribution in [3.8, 4) is 11.8 Å². The molecule has 0 bridgehead atoms. The summed E-state index contributed by atoms with van der Waals surface area (Å²) in [6, 6.07) is 19.3. The molecule has 0 aromatic heterocycles. The van der Waals surface area contributed by atoms with E-state index in [9.17, 15) is 4.79 Å². The molecule has 0 radical (unpaired) electrons. The maximum atomic E-state index is 12.4. The van der Waals surface area contributed by atoms with Crippen LogP contribution in [-0.4, -0.2) is 55.0 Å². The van der Waals surface area contributed by atoms with E-state index in [-0.39, 0.29) is 12.5 Å². The third kappa shape index (κ3) is 5.44. The van der Waals surface area contributed by atoms with Gasteiger partial charge >= 0.3 is 0 Å². The first-order valence-corrected chi connectivity index (χ1v) is 9.10. The lowest BCUT2D eigenvalue weighted by Gasteiger charge is -2.34. The Morgan fingerprint density at radius 1 is 1.04 bits per heavy atom. The van der Waals surface area contributed by atoms with Gasteiger partial charge < -0.3 is 9.64 Å². The van der Waals surface area contributed by atoms with Gasteiger partial charge in [-0.15, -0.1) is 0 Å². The summed E-state index contributed by atoms with van der Waals surface area (Å²) in [5, 5.41) is 9.07. The summed E-state index contributed by atoms with van der Waals surface area (Å²) in [4.78, 5) is 16.5. The summed E-state index contributed by atoms with van der Waals surface area (Å²) >= 11 is 0. The maximum Gasteiger partial charge on any atom is 0.260 e. The van der Waals surface area contributed by atoms with E-state index < -0.39 is 0 Å². The summed E-state index contributed by atoms with van der Waals surface area (Å²) in [5.41, 5.74) is 1.64. The van der Waals surface area contributed by atoms with Crippen LogP contribution in [0.4, 0.5) is 0 Å². The highest BCUT2D eigenvalue weighted by atomic mass is 16.5. The topological polar surface area (TPSA) is 56.6 Å². The Hall–Kier alpha value is -3.10. The van der Waals surface area contributed by atoms with Gasteiger partial charge in [0.25, 0.3) is 5.91 Å². The molecule has 0 spiro atoms. The van der Waals surface area contributed by atoms with Gasteiger partial charge in [-0.05, 0) is 17.7 Å². The third-order valence-corrected chi connectivity index (χ3v) is 4.56. The molecule has 138 valence electrons. The fourth-order valence-electron chi connectivity index (χ4n) is 3.00. The number of amides is 1. The number of piperazine rings is 1. The van der Waals surface area contributed by atoms with Gasteiger partial charge in [-0.1, -0.05) is 54.6 Å². The lowest BCUT2D eigenvalue weighted by molar-refractivity contribution is -0.135. The van der Waals surface area contributed by atoms with Crippen LogP contribution in [0.5, 0.6) is 5.75 Å². The molecule has 5 heteroatoms. The van der Waals surface area contributed by atoms with Gasteiger partial charge in [0.1, 0.15) is 11.8 Å². The average molecular weight is 361 g/mol. The minimum Gasteiger partial charge on any atom is -0.482 e. The first-order chi connectivity index (χ1) is 13.3. The summed E-state index contributed by atoms with van der Waals surface area (Å²) < 4.78 is 5.55. The van der Waals surface area contributed by atoms with E-state index in [0.29, 0.717) is 24.4 Å². The molecule has 0 saturated carbocycles. The van der Waals surface area contributed by atoms with E-state index in [0.717, 1.165) is 19.6 Å². The number of para-hydroxylation sites is 1. The van der Waals surface area contributed by atoms with Crippen molar-refractivity contribution in [3.63, 3.8) is 0 Å². The second-order valence-corrected chi connectivity index (χ2v) is 6.39. The van der Waals surface area contributed by atoms with Crippen molar-refractivity contribution in [1.82, 2.24) is 9.80 Å². The lowest BCUT2D eigenvalue weighted by atomic mass is 10.2. The third-order valence-electron chi connectivity index (χ3n) is 4.56. The molecule has 1 aliphatic rings. The van der Waals surface area contributed by atoms with Crippen LogP contribution < -0.4 is 4.74 Å². The molecule has 1 saturated heterocycles. The van der Waals surface area contributed by atoms with Crippen LogP contribution in [-0.2, 0) is 4.79 Å². The molecular formula is C22H23N3O2. The predicted octanol–water partition coefficient (Wildman–Crippen LogP) is 2.79. The van der Waals surface area contributed by atoms with Gasteiger partial charge in [0.15, 0.2) is 6.61 Å². The smallest absolute Gasteiger partial charge is 0.260 e. The molecule has 2 aromatic rings. The van der Waals surface area contributed by atoms with E-state index in [1.807, 2.05) is 23.1 Å². The van der Waals surface area contributed by atoms with E-state index in [2.05, 4.69) is 35.3 Å². The van der Waals surface area contributed by atoms with Crippen LogP contribution in [0.1, 0.15) is 11.1 Å². The zero-order valence-corrected chi connectivity index (χ0v) is 15.3. The number of hydrogen-bond acceptors (Lipinski definition) is 4. The van der Waals surface area contributed by atoms with E-state index in [1.165, 1.54) is 5.56 Å². The first-order valence-electron chi connectivity index (χ1n) is 9.10. The molecule has 1 aliphatic heterocycles. The zero-order chi connectivity index (χ0) is 18.9. The van der Waals surface area contributed by atoms with Crippen molar-refractivity contribution < 1.29 is 9.53 Å². The number of carbonyl (C=O) groups is 1. The number of nitrogens with zero attached hydrogens (tertiary/aromatic N) is 3. The van der Waals surface area contributed by atoms with Gasteiger partial charge in [0.2, 0.25) is 0 Å². The van der Waals surface area contributed by atoms with E-state index >= 15 is 0 Å². The molecule has 3 rings (SSSR count). The molecule has 0 atom stereocenters. The van der Waals surface area contributed by atoms with Crippen molar-refractivity contribution in [2.75, 3.05) is 39.3 Å². The molecule has 1 fully saturated rings. The standard InChI is InChI=1S/C22H23N3O2/c23-17-20-10-4-5-11-21(20)27-18-22(26)25-15-13-24(14-16-25)12-6-9-19-7-2-1-3-8-19/h1-11H,12-16,18H2. The highest BCUT2D eigenvalue weighted by Gasteiger charge is 2.21. The minimum atomic E-state index is -0.0396. The van der Waals surface area contributed by atoms with Crippen LogP contribution in [0.3, 0.4) is 0 Å². The average Bonchev–Trinajstić information content (AvgIpc) is 2.73. The van der Waals surface area contributed by atoms with Crippen LogP contribution in [0.15, 0.2) is 60.7 Å². The van der Waals surface area contributed by atoms with Gasteiger partial charge in [0.05, 0.1) is 5.56 Å². The lowest BCUT2D eigenvalue weighted by Crippen LogP contribution is -2.49. The first kappa shape index (κ1) is 18.7. The Balaban J connectivity index is 1.41. The van der Waals surface area contributed by atoms with Crippen LogP contribution >= 0.6 is 0 Å². The van der Waals surface area contributed by atoms with Crippen molar-refractivity contribution in [2.24, 2.45) is 0 Å². The number of nitriles is 1. The van der Waals surface area contributed by atoms with Crippen LogP contribution in [0.2, 0.25) is 0 Å². The van der Waals surface area contributed by atoms with Crippen molar-refractivity contribution in [2.45, 2.75) is 0 Å². The van der Waals surface area contributed by atoms with Gasteiger partial charge in [-0.3, -0.25) is 9.69 Å². The number of hydrogen-bond donors (Lipinski definition) is 0. The molecule has 0 unspecified atom stereocenters. The fraction of sp³-hybridized carbons (Fsp3) is 0.273. The van der Waals surface area contributed by atoms with Crippen molar-refractivity contribution in [3.05, 3.63) is 71.8 Å². The molecule has 2 aromatic carbocycles. The SMILES string of the molecule is N#Cc1ccccc1OCC(=O)N1CCN(CC=Cc2ccccc2)CC1. The van der Waals surface area contributed by atoms with E-state index in [4.69, 9.17) is 10.00 Å². The van der Waals surface area contributed by atoms with Gasteiger partial charge in [0, 0.05) is 32.7 Å². The fourth-order valence-corrected chi connectivity index (χ4v) is 3.00. The molecular weight excluding hydrogens is 338 g/mol. The van der Waals surface area contributed by atoms with Crippen molar-refractivity contribution in [1.29, 1.82) is 5.26 Å². The largest absolute Gasteiger partial charge is 0.482 e. The molecule has 1 heterocycles. The number of carbonyl (C=O) groups excluding carboxylic acids is 1. The second-order valence-electron chi connectivity index (χ2n) is 6.39. The highest BCUT2D eigenvalue weighted by Crippen LogP contribution is 2.16. The Kier molecular flexibility index (Phi) is 6.61. The summed E-state index contributed by atoms with van der Waals surface area (Å²) in [6.07, 6.45) is 4.28. The number of benzene rings is 2. The Labute approximate surface area is 160 Å².